The zero-order chi connectivity index (χ0) is 13.8. The first-order valence-electron chi connectivity index (χ1n) is 7.31. The van der Waals surface area contributed by atoms with Crippen molar-refractivity contribution in [3.05, 3.63) is 36.7 Å². The number of thioether (sulfide) groups is 1. The minimum Gasteiger partial charge on any atom is -0.353 e. The van der Waals surface area contributed by atoms with E-state index in [1.807, 2.05) is 12.4 Å². The van der Waals surface area contributed by atoms with Gasteiger partial charge in [-0.3, -0.25) is 4.57 Å². The third-order valence-corrected chi connectivity index (χ3v) is 4.64. The third kappa shape index (κ3) is 3.01. The van der Waals surface area contributed by atoms with E-state index in [0.29, 0.717) is 6.04 Å². The van der Waals surface area contributed by atoms with E-state index in [4.69, 9.17) is 0 Å². The summed E-state index contributed by atoms with van der Waals surface area (Å²) in [7, 11) is 0. The molecule has 4 heteroatoms. The molecule has 1 fully saturated rings. The van der Waals surface area contributed by atoms with Gasteiger partial charge in [-0.1, -0.05) is 25.3 Å². The second-order valence-electron chi connectivity index (χ2n) is 5.30. The summed E-state index contributed by atoms with van der Waals surface area (Å²) in [4.78, 5) is 5.76. The second kappa shape index (κ2) is 6.35. The Morgan fingerprint density at radius 1 is 1.25 bits per heavy atom. The molecule has 0 aliphatic heterocycles. The van der Waals surface area contributed by atoms with Crippen molar-refractivity contribution in [3.63, 3.8) is 0 Å². The first-order valence-corrected chi connectivity index (χ1v) is 8.53. The van der Waals surface area contributed by atoms with E-state index in [1.54, 1.807) is 11.8 Å². The smallest absolute Gasteiger partial charge is 0.207 e. The van der Waals surface area contributed by atoms with Crippen LogP contribution in [-0.2, 0) is 0 Å². The van der Waals surface area contributed by atoms with Crippen LogP contribution in [0.3, 0.4) is 0 Å². The van der Waals surface area contributed by atoms with Crippen LogP contribution < -0.4 is 5.32 Å². The number of imidazole rings is 1. The predicted octanol–water partition coefficient (Wildman–Crippen LogP) is 4.34. The van der Waals surface area contributed by atoms with Crippen LogP contribution >= 0.6 is 11.8 Å². The average Bonchev–Trinajstić information content (AvgIpc) is 2.96. The summed E-state index contributed by atoms with van der Waals surface area (Å²) in [5.41, 5.74) is 1.17. The second-order valence-corrected chi connectivity index (χ2v) is 6.18. The van der Waals surface area contributed by atoms with Crippen LogP contribution in [0.2, 0.25) is 0 Å². The zero-order valence-electron chi connectivity index (χ0n) is 11.9. The van der Waals surface area contributed by atoms with Crippen molar-refractivity contribution < 1.29 is 0 Å². The normalized spacial score (nSPS) is 16.2. The van der Waals surface area contributed by atoms with Crippen molar-refractivity contribution in [1.29, 1.82) is 0 Å². The minimum atomic E-state index is 0.577. The maximum Gasteiger partial charge on any atom is 0.207 e. The Morgan fingerprint density at radius 2 is 2.10 bits per heavy atom. The van der Waals surface area contributed by atoms with Crippen molar-refractivity contribution in [3.8, 4) is 5.69 Å². The standard InChI is InChI=1S/C16H21N3S/c1-20-15-9-5-8-14(12-15)19-11-10-17-16(19)18-13-6-3-2-4-7-13/h5,8-13H,2-4,6-7H2,1H3,(H,17,18). The first-order chi connectivity index (χ1) is 9.86. The molecule has 0 amide bonds. The fraction of sp³-hybridized carbons (Fsp3) is 0.438. The third-order valence-electron chi connectivity index (χ3n) is 3.91. The van der Waals surface area contributed by atoms with Crippen molar-refractivity contribution >= 4 is 17.7 Å². The maximum absolute atomic E-state index is 4.49. The van der Waals surface area contributed by atoms with Crippen LogP contribution in [0.5, 0.6) is 0 Å². The molecule has 0 radical (unpaired) electrons. The monoisotopic (exact) mass is 287 g/mol. The lowest BCUT2D eigenvalue weighted by Crippen LogP contribution is -2.24. The number of hydrogen-bond acceptors (Lipinski definition) is 3. The molecule has 0 bridgehead atoms. The van der Waals surface area contributed by atoms with E-state index in [0.717, 1.165) is 5.95 Å². The quantitative estimate of drug-likeness (QED) is 0.848. The van der Waals surface area contributed by atoms with Gasteiger partial charge in [-0.05, 0) is 37.3 Å². The number of nitrogens with zero attached hydrogens (tertiary/aromatic N) is 2. The number of hydrogen-bond donors (Lipinski definition) is 1. The number of benzene rings is 1. The molecule has 1 aliphatic carbocycles. The number of nitrogens with one attached hydrogen (secondary N) is 1. The highest BCUT2D eigenvalue weighted by Crippen LogP contribution is 2.24. The molecule has 0 saturated heterocycles. The molecule has 0 unspecified atom stereocenters. The van der Waals surface area contributed by atoms with Gasteiger partial charge in [-0.25, -0.2) is 4.98 Å². The van der Waals surface area contributed by atoms with Crippen LogP contribution in [0.1, 0.15) is 32.1 Å². The molecule has 20 heavy (non-hydrogen) atoms. The molecule has 1 aliphatic rings. The van der Waals surface area contributed by atoms with Gasteiger partial charge in [0.05, 0.1) is 0 Å². The molecular formula is C16H21N3S. The van der Waals surface area contributed by atoms with Crippen molar-refractivity contribution in [2.45, 2.75) is 43.0 Å². The van der Waals surface area contributed by atoms with E-state index in [2.05, 4.69) is 45.4 Å². The summed E-state index contributed by atoms with van der Waals surface area (Å²) in [6.45, 7) is 0. The highest BCUT2D eigenvalue weighted by molar-refractivity contribution is 7.98. The molecule has 3 nitrogen and oxygen atoms in total. The number of anilines is 1. The van der Waals surface area contributed by atoms with Crippen LogP contribution in [0, 0.1) is 0 Å². The van der Waals surface area contributed by atoms with Crippen molar-refractivity contribution in [2.75, 3.05) is 11.6 Å². The summed E-state index contributed by atoms with van der Waals surface area (Å²) in [5.74, 6) is 0.968. The average molecular weight is 287 g/mol. The van der Waals surface area contributed by atoms with E-state index in [1.165, 1.54) is 42.7 Å². The zero-order valence-corrected chi connectivity index (χ0v) is 12.7. The van der Waals surface area contributed by atoms with Gasteiger partial charge in [0, 0.05) is 29.0 Å². The maximum atomic E-state index is 4.49. The Labute approximate surface area is 124 Å². The minimum absolute atomic E-state index is 0.577. The Balaban J connectivity index is 1.81. The lowest BCUT2D eigenvalue weighted by molar-refractivity contribution is 0.460. The Kier molecular flexibility index (Phi) is 4.31. The fourth-order valence-electron chi connectivity index (χ4n) is 2.81. The molecule has 3 rings (SSSR count). The van der Waals surface area contributed by atoms with Gasteiger partial charge >= 0.3 is 0 Å². The topological polar surface area (TPSA) is 29.9 Å². The van der Waals surface area contributed by atoms with Gasteiger partial charge < -0.3 is 5.32 Å². The first kappa shape index (κ1) is 13.6. The molecule has 0 spiro atoms. The summed E-state index contributed by atoms with van der Waals surface area (Å²) in [6, 6.07) is 9.16. The van der Waals surface area contributed by atoms with Gasteiger partial charge in [0.15, 0.2) is 0 Å². The summed E-state index contributed by atoms with van der Waals surface area (Å²) < 4.78 is 2.15. The molecular weight excluding hydrogens is 266 g/mol. The molecule has 2 aromatic rings. The van der Waals surface area contributed by atoms with E-state index in [9.17, 15) is 0 Å². The SMILES string of the molecule is CSc1cccc(-n2ccnc2NC2CCCCC2)c1. The lowest BCUT2D eigenvalue weighted by atomic mass is 9.96. The van der Waals surface area contributed by atoms with Crippen LogP contribution in [-0.4, -0.2) is 21.8 Å². The summed E-state index contributed by atoms with van der Waals surface area (Å²) in [5, 5.41) is 3.61. The van der Waals surface area contributed by atoms with Crippen LogP contribution in [0.4, 0.5) is 5.95 Å². The predicted molar refractivity (Wildman–Crippen MR) is 85.8 cm³/mol. The number of rotatable bonds is 4. The van der Waals surface area contributed by atoms with Gasteiger partial charge in [0.25, 0.3) is 0 Å². The largest absolute Gasteiger partial charge is 0.353 e. The summed E-state index contributed by atoms with van der Waals surface area (Å²) in [6.07, 6.45) is 12.6. The molecule has 0 atom stereocenters. The Bertz CT molecular complexity index is 558. The Morgan fingerprint density at radius 3 is 2.90 bits per heavy atom. The van der Waals surface area contributed by atoms with Gasteiger partial charge in [0.2, 0.25) is 5.95 Å². The molecule has 1 aromatic carbocycles. The lowest BCUT2D eigenvalue weighted by Gasteiger charge is -2.23. The molecule has 106 valence electrons. The van der Waals surface area contributed by atoms with Crippen molar-refractivity contribution in [2.24, 2.45) is 0 Å². The van der Waals surface area contributed by atoms with Gasteiger partial charge in [-0.2, -0.15) is 0 Å². The fourth-order valence-corrected chi connectivity index (χ4v) is 3.26. The van der Waals surface area contributed by atoms with Crippen molar-refractivity contribution in [1.82, 2.24) is 9.55 Å². The van der Waals surface area contributed by atoms with E-state index < -0.39 is 0 Å². The Hall–Kier alpha value is -1.42. The van der Waals surface area contributed by atoms with Crippen LogP contribution in [0.25, 0.3) is 5.69 Å². The number of aromatic nitrogens is 2. The highest BCUT2D eigenvalue weighted by Gasteiger charge is 2.15. The highest BCUT2D eigenvalue weighted by atomic mass is 32.2. The van der Waals surface area contributed by atoms with E-state index in [-0.39, 0.29) is 0 Å². The van der Waals surface area contributed by atoms with Gasteiger partial charge in [0.1, 0.15) is 0 Å². The molecule has 1 N–H and O–H groups in total. The molecule has 1 heterocycles. The molecule has 1 aromatic heterocycles. The van der Waals surface area contributed by atoms with E-state index >= 15 is 0 Å². The molecule has 1 saturated carbocycles. The van der Waals surface area contributed by atoms with Gasteiger partial charge in [-0.15, -0.1) is 11.8 Å². The summed E-state index contributed by atoms with van der Waals surface area (Å²) >= 11 is 1.77. The van der Waals surface area contributed by atoms with Crippen LogP contribution in [0.15, 0.2) is 41.6 Å².